The van der Waals surface area contributed by atoms with Crippen molar-refractivity contribution in [1.29, 1.82) is 0 Å². The molecule has 1 N–H and O–H groups in total. The van der Waals surface area contributed by atoms with Gasteiger partial charge in [-0.2, -0.15) is 5.10 Å². The highest BCUT2D eigenvalue weighted by Gasteiger charge is 2.21. The number of rotatable bonds is 7. The van der Waals surface area contributed by atoms with Crippen molar-refractivity contribution in [2.45, 2.75) is 59.7 Å². The van der Waals surface area contributed by atoms with E-state index in [1.165, 1.54) is 0 Å². The molecule has 1 aromatic rings. The lowest BCUT2D eigenvalue weighted by atomic mass is 10.2. The van der Waals surface area contributed by atoms with Crippen molar-refractivity contribution < 1.29 is 9.53 Å². The Balaban J connectivity index is 2.70. The van der Waals surface area contributed by atoms with Crippen LogP contribution in [0.5, 0.6) is 0 Å². The molecule has 0 bridgehead atoms. The lowest BCUT2D eigenvalue weighted by Crippen LogP contribution is -2.42. The summed E-state index contributed by atoms with van der Waals surface area (Å²) in [5.41, 5.74) is 1.74. The summed E-state index contributed by atoms with van der Waals surface area (Å²) in [5, 5.41) is 8.29. The zero-order valence-corrected chi connectivity index (χ0v) is 13.6. The smallest absolute Gasteiger partial charge is 0.323 e. The van der Waals surface area contributed by atoms with E-state index in [1.54, 1.807) is 0 Å². The Morgan fingerprint density at radius 2 is 2.10 bits per heavy atom. The number of carbonyl (C=O) groups is 1. The van der Waals surface area contributed by atoms with Crippen LogP contribution in [0.4, 0.5) is 0 Å². The summed E-state index contributed by atoms with van der Waals surface area (Å²) in [7, 11) is 0. The highest BCUT2D eigenvalue weighted by molar-refractivity contribution is 6.31. The predicted molar refractivity (Wildman–Crippen MR) is 80.0 cm³/mol. The van der Waals surface area contributed by atoms with Crippen LogP contribution in [0.2, 0.25) is 5.02 Å². The average Bonchev–Trinajstić information content (AvgIpc) is 2.62. The van der Waals surface area contributed by atoms with Crippen LogP contribution < -0.4 is 5.32 Å². The lowest BCUT2D eigenvalue weighted by molar-refractivity contribution is -0.146. The number of aromatic nitrogens is 2. The Morgan fingerprint density at radius 1 is 1.45 bits per heavy atom. The van der Waals surface area contributed by atoms with Crippen molar-refractivity contribution in [3.8, 4) is 0 Å². The molecule has 0 amide bonds. The van der Waals surface area contributed by atoms with Crippen molar-refractivity contribution in [2.75, 3.05) is 6.61 Å². The average molecular weight is 302 g/mol. The van der Waals surface area contributed by atoms with Crippen molar-refractivity contribution in [1.82, 2.24) is 15.1 Å². The molecule has 0 aliphatic rings. The van der Waals surface area contributed by atoms with Gasteiger partial charge in [0.15, 0.2) is 0 Å². The number of esters is 1. The Morgan fingerprint density at radius 3 is 2.55 bits per heavy atom. The van der Waals surface area contributed by atoms with Crippen LogP contribution in [0.1, 0.15) is 38.6 Å². The molecule has 20 heavy (non-hydrogen) atoms. The van der Waals surface area contributed by atoms with E-state index in [1.807, 2.05) is 39.3 Å². The number of carbonyl (C=O) groups excluding carboxylic acids is 1. The molecule has 1 atom stereocenters. The zero-order chi connectivity index (χ0) is 15.3. The van der Waals surface area contributed by atoms with Gasteiger partial charge in [0, 0.05) is 12.6 Å². The summed E-state index contributed by atoms with van der Waals surface area (Å²) in [6.45, 7) is 10.6. The maximum absolute atomic E-state index is 11.9. The molecule has 0 aromatic carbocycles. The van der Waals surface area contributed by atoms with E-state index in [-0.39, 0.29) is 18.1 Å². The summed E-state index contributed by atoms with van der Waals surface area (Å²) in [6.07, 6.45) is 0.620. The SMILES string of the molecule is CCOC(=O)C(CCn1nc(C)c(Cl)c1C)NC(C)C. The van der Waals surface area contributed by atoms with Gasteiger partial charge < -0.3 is 10.1 Å². The molecule has 114 valence electrons. The molecule has 1 aromatic heterocycles. The fraction of sp³-hybridized carbons (Fsp3) is 0.714. The van der Waals surface area contributed by atoms with Crippen molar-refractivity contribution in [3.63, 3.8) is 0 Å². The molecule has 6 heteroatoms. The number of aryl methyl sites for hydroxylation is 2. The first-order chi connectivity index (χ1) is 9.36. The normalized spacial score (nSPS) is 12.8. The molecular formula is C14H24ClN3O2. The third-order valence-corrected chi connectivity index (χ3v) is 3.58. The van der Waals surface area contributed by atoms with E-state index in [9.17, 15) is 4.79 Å². The van der Waals surface area contributed by atoms with Crippen molar-refractivity contribution in [3.05, 3.63) is 16.4 Å². The van der Waals surface area contributed by atoms with E-state index < -0.39 is 0 Å². The third kappa shape index (κ3) is 4.49. The van der Waals surface area contributed by atoms with Crippen LogP contribution in [0, 0.1) is 13.8 Å². The molecule has 0 aliphatic heterocycles. The van der Waals surface area contributed by atoms with E-state index in [0.29, 0.717) is 24.6 Å². The number of nitrogens with zero attached hydrogens (tertiary/aromatic N) is 2. The summed E-state index contributed by atoms with van der Waals surface area (Å²) < 4.78 is 6.93. The molecule has 0 radical (unpaired) electrons. The first-order valence-electron chi connectivity index (χ1n) is 6.99. The van der Waals surface area contributed by atoms with E-state index >= 15 is 0 Å². The van der Waals surface area contributed by atoms with Gasteiger partial charge in [-0.1, -0.05) is 25.4 Å². The van der Waals surface area contributed by atoms with Crippen molar-refractivity contribution >= 4 is 17.6 Å². The molecule has 1 heterocycles. The number of halogens is 1. The van der Waals surface area contributed by atoms with Gasteiger partial charge in [0.1, 0.15) is 6.04 Å². The monoisotopic (exact) mass is 301 g/mol. The van der Waals surface area contributed by atoms with Crippen LogP contribution in [-0.2, 0) is 16.1 Å². The molecule has 0 fully saturated rings. The second-order valence-electron chi connectivity index (χ2n) is 5.12. The lowest BCUT2D eigenvalue weighted by Gasteiger charge is -2.19. The molecule has 0 aliphatic carbocycles. The quantitative estimate of drug-likeness (QED) is 0.786. The minimum Gasteiger partial charge on any atom is -0.465 e. The first kappa shape index (κ1) is 17.0. The fourth-order valence-corrected chi connectivity index (χ4v) is 2.19. The van der Waals surface area contributed by atoms with Crippen molar-refractivity contribution in [2.24, 2.45) is 0 Å². The fourth-order valence-electron chi connectivity index (χ4n) is 2.06. The van der Waals surface area contributed by atoms with E-state index in [4.69, 9.17) is 16.3 Å². The van der Waals surface area contributed by atoms with E-state index in [2.05, 4.69) is 10.4 Å². The molecule has 1 rings (SSSR count). The summed E-state index contributed by atoms with van der Waals surface area (Å²) in [4.78, 5) is 11.9. The maximum Gasteiger partial charge on any atom is 0.323 e. The largest absolute Gasteiger partial charge is 0.465 e. The van der Waals surface area contributed by atoms with Crippen LogP contribution >= 0.6 is 11.6 Å². The number of ether oxygens (including phenoxy) is 1. The highest BCUT2D eigenvalue weighted by Crippen LogP contribution is 2.19. The minimum absolute atomic E-state index is 0.214. The summed E-state index contributed by atoms with van der Waals surface area (Å²) in [6, 6.07) is -0.105. The van der Waals surface area contributed by atoms with Crippen LogP contribution in [0.15, 0.2) is 0 Å². The Bertz CT molecular complexity index is 458. The van der Waals surface area contributed by atoms with Crippen LogP contribution in [-0.4, -0.2) is 34.4 Å². The number of hydrogen-bond donors (Lipinski definition) is 1. The topological polar surface area (TPSA) is 56.2 Å². The number of hydrogen-bond acceptors (Lipinski definition) is 4. The Labute approximate surface area is 125 Å². The molecule has 0 spiro atoms. The maximum atomic E-state index is 11.9. The van der Waals surface area contributed by atoms with Gasteiger partial charge in [-0.25, -0.2) is 0 Å². The third-order valence-electron chi connectivity index (χ3n) is 3.03. The minimum atomic E-state index is -0.322. The second kappa shape index (κ2) is 7.64. The van der Waals surface area contributed by atoms with Gasteiger partial charge in [-0.3, -0.25) is 9.48 Å². The molecule has 1 unspecified atom stereocenters. The summed E-state index contributed by atoms with van der Waals surface area (Å²) >= 11 is 6.12. The van der Waals surface area contributed by atoms with Crippen LogP contribution in [0.3, 0.4) is 0 Å². The Kier molecular flexibility index (Phi) is 6.49. The highest BCUT2D eigenvalue weighted by atomic mass is 35.5. The zero-order valence-electron chi connectivity index (χ0n) is 12.9. The van der Waals surface area contributed by atoms with Gasteiger partial charge in [0.05, 0.1) is 23.0 Å². The van der Waals surface area contributed by atoms with Gasteiger partial charge in [-0.05, 0) is 27.2 Å². The van der Waals surface area contributed by atoms with E-state index in [0.717, 1.165) is 11.4 Å². The van der Waals surface area contributed by atoms with Gasteiger partial charge in [0.2, 0.25) is 0 Å². The van der Waals surface area contributed by atoms with Gasteiger partial charge in [-0.15, -0.1) is 0 Å². The first-order valence-corrected chi connectivity index (χ1v) is 7.36. The van der Waals surface area contributed by atoms with Gasteiger partial charge >= 0.3 is 5.97 Å². The molecule has 0 saturated carbocycles. The standard InChI is InChI=1S/C14H24ClN3O2/c1-6-20-14(19)12(16-9(2)3)7-8-18-11(5)13(15)10(4)17-18/h9,12,16H,6-8H2,1-5H3. The van der Waals surface area contributed by atoms with Crippen LogP contribution in [0.25, 0.3) is 0 Å². The molecule has 5 nitrogen and oxygen atoms in total. The summed E-state index contributed by atoms with van der Waals surface area (Å²) in [5.74, 6) is -0.214. The number of nitrogens with one attached hydrogen (secondary N) is 1. The molecule has 0 saturated heterocycles. The molecular weight excluding hydrogens is 278 g/mol. The predicted octanol–water partition coefficient (Wildman–Crippen LogP) is 2.47. The van der Waals surface area contributed by atoms with Gasteiger partial charge in [0.25, 0.3) is 0 Å². The Hall–Kier alpha value is -1.07. The second-order valence-corrected chi connectivity index (χ2v) is 5.50.